The summed E-state index contributed by atoms with van der Waals surface area (Å²) in [5.74, 6) is -2.10. The van der Waals surface area contributed by atoms with Crippen molar-refractivity contribution in [3.05, 3.63) is 42.5 Å². The van der Waals surface area contributed by atoms with Crippen LogP contribution in [0.5, 0.6) is 5.75 Å². The van der Waals surface area contributed by atoms with Crippen molar-refractivity contribution < 1.29 is 13.5 Å². The van der Waals surface area contributed by atoms with Crippen molar-refractivity contribution in [2.75, 3.05) is 6.61 Å². The second-order valence-electron chi connectivity index (χ2n) is 5.12. The molecule has 0 aliphatic heterocycles. The van der Waals surface area contributed by atoms with Crippen molar-refractivity contribution in [1.29, 1.82) is 0 Å². The van der Waals surface area contributed by atoms with Crippen molar-refractivity contribution in [1.82, 2.24) is 0 Å². The number of para-hydroxylation sites is 1. The minimum absolute atomic E-state index is 0.316. The number of halogens is 2. The van der Waals surface area contributed by atoms with Crippen LogP contribution in [0, 0.1) is 5.92 Å². The summed E-state index contributed by atoms with van der Waals surface area (Å²) in [6.07, 6.45) is 8.30. The van der Waals surface area contributed by atoms with Crippen molar-refractivity contribution in [2.24, 2.45) is 5.92 Å². The van der Waals surface area contributed by atoms with E-state index in [1.165, 1.54) is 6.42 Å². The number of hydrogen-bond acceptors (Lipinski definition) is 1. The molecule has 1 fully saturated rings. The van der Waals surface area contributed by atoms with Gasteiger partial charge < -0.3 is 4.74 Å². The average molecular weight is 266 g/mol. The normalized spacial score (nSPS) is 17.8. The van der Waals surface area contributed by atoms with E-state index in [1.807, 2.05) is 6.07 Å². The van der Waals surface area contributed by atoms with E-state index < -0.39 is 12.5 Å². The fourth-order valence-corrected chi connectivity index (χ4v) is 2.35. The number of benzene rings is 1. The quantitative estimate of drug-likeness (QED) is 0.693. The third kappa shape index (κ3) is 5.01. The third-order valence-electron chi connectivity index (χ3n) is 3.44. The summed E-state index contributed by atoms with van der Waals surface area (Å²) in [5, 5.41) is 0. The highest BCUT2D eigenvalue weighted by Gasteiger charge is 2.26. The van der Waals surface area contributed by atoms with Gasteiger partial charge in [-0.15, -0.1) is 0 Å². The largest absolute Gasteiger partial charge is 0.487 e. The van der Waals surface area contributed by atoms with Gasteiger partial charge in [0, 0.05) is 0 Å². The third-order valence-corrected chi connectivity index (χ3v) is 3.44. The van der Waals surface area contributed by atoms with Crippen molar-refractivity contribution in [3.8, 4) is 5.75 Å². The molecule has 0 radical (unpaired) electrons. The first-order valence-corrected chi connectivity index (χ1v) is 6.91. The maximum absolute atomic E-state index is 13.7. The molecule has 1 aromatic carbocycles. The number of alkyl halides is 2. The first-order valence-electron chi connectivity index (χ1n) is 6.91. The molecule has 0 bridgehead atoms. The molecule has 0 saturated heterocycles. The van der Waals surface area contributed by atoms with Crippen LogP contribution in [0.3, 0.4) is 0 Å². The standard InChI is InChI=1S/C16H20F2O/c17-16(18,12-11-14-7-3-1-4-8-14)13-19-15-9-5-2-6-10-15/h2,5-6,9-12,14H,1,3-4,7-8,13H2/b12-11+. The molecule has 0 amide bonds. The van der Waals surface area contributed by atoms with Crippen molar-refractivity contribution in [2.45, 2.75) is 38.0 Å². The number of hydrogen-bond donors (Lipinski definition) is 0. The zero-order valence-corrected chi connectivity index (χ0v) is 11.0. The van der Waals surface area contributed by atoms with Crippen LogP contribution in [0.1, 0.15) is 32.1 Å². The van der Waals surface area contributed by atoms with Gasteiger partial charge in [0.15, 0.2) is 6.61 Å². The van der Waals surface area contributed by atoms with Gasteiger partial charge in [-0.3, -0.25) is 0 Å². The van der Waals surface area contributed by atoms with Crippen molar-refractivity contribution >= 4 is 0 Å². The Labute approximate surface area is 113 Å². The Hall–Kier alpha value is -1.38. The molecule has 1 aliphatic rings. The van der Waals surface area contributed by atoms with E-state index >= 15 is 0 Å². The highest BCUT2D eigenvalue weighted by molar-refractivity contribution is 5.21. The van der Waals surface area contributed by atoms with Crippen LogP contribution in [0.25, 0.3) is 0 Å². The van der Waals surface area contributed by atoms with E-state index in [1.54, 1.807) is 30.3 Å². The van der Waals surface area contributed by atoms with Crippen molar-refractivity contribution in [3.63, 3.8) is 0 Å². The lowest BCUT2D eigenvalue weighted by Crippen LogP contribution is -2.23. The molecule has 3 heteroatoms. The summed E-state index contributed by atoms with van der Waals surface area (Å²) in [7, 11) is 0. The van der Waals surface area contributed by atoms with Crippen LogP contribution < -0.4 is 4.74 Å². The van der Waals surface area contributed by atoms with Gasteiger partial charge in [-0.25, -0.2) is 0 Å². The SMILES string of the molecule is FC(F)(/C=C/C1CCCCC1)COc1ccccc1. The van der Waals surface area contributed by atoms with Crippen LogP contribution in [0.15, 0.2) is 42.5 Å². The molecule has 0 aromatic heterocycles. The highest BCUT2D eigenvalue weighted by atomic mass is 19.3. The molecule has 1 saturated carbocycles. The summed E-state index contributed by atoms with van der Waals surface area (Å²) in [4.78, 5) is 0. The molecule has 104 valence electrons. The monoisotopic (exact) mass is 266 g/mol. The van der Waals surface area contributed by atoms with E-state index in [-0.39, 0.29) is 0 Å². The molecular formula is C16H20F2O. The van der Waals surface area contributed by atoms with Crippen LogP contribution >= 0.6 is 0 Å². The molecule has 1 nitrogen and oxygen atoms in total. The molecule has 1 aliphatic carbocycles. The van der Waals surface area contributed by atoms with Crippen LogP contribution in [-0.4, -0.2) is 12.5 Å². The highest BCUT2D eigenvalue weighted by Crippen LogP contribution is 2.26. The minimum Gasteiger partial charge on any atom is -0.487 e. The second-order valence-corrected chi connectivity index (χ2v) is 5.12. The summed E-state index contributed by atoms with van der Waals surface area (Å²) in [6.45, 7) is -0.597. The van der Waals surface area contributed by atoms with Gasteiger partial charge >= 0.3 is 0 Å². The van der Waals surface area contributed by atoms with E-state index in [2.05, 4.69) is 0 Å². The minimum atomic E-state index is -2.90. The first-order chi connectivity index (χ1) is 9.16. The summed E-state index contributed by atoms with van der Waals surface area (Å²) >= 11 is 0. The molecule has 0 unspecified atom stereocenters. The van der Waals surface area contributed by atoms with E-state index in [9.17, 15) is 8.78 Å². The van der Waals surface area contributed by atoms with E-state index in [0.717, 1.165) is 31.8 Å². The van der Waals surface area contributed by atoms with Gasteiger partial charge in [0.2, 0.25) is 0 Å². The Kier molecular flexibility index (Phi) is 4.94. The van der Waals surface area contributed by atoms with E-state index in [0.29, 0.717) is 11.7 Å². The van der Waals surface area contributed by atoms with Gasteiger partial charge in [0.1, 0.15) is 5.75 Å². The molecule has 0 atom stereocenters. The second kappa shape index (κ2) is 6.69. The summed E-state index contributed by atoms with van der Waals surface area (Å²) in [6, 6.07) is 8.73. The molecular weight excluding hydrogens is 246 g/mol. The number of ether oxygens (including phenoxy) is 1. The van der Waals surface area contributed by atoms with Crippen LogP contribution in [-0.2, 0) is 0 Å². The fraction of sp³-hybridized carbons (Fsp3) is 0.500. The predicted molar refractivity (Wildman–Crippen MR) is 72.6 cm³/mol. The predicted octanol–water partition coefficient (Wildman–Crippen LogP) is 4.84. The maximum Gasteiger partial charge on any atom is 0.299 e. The Morgan fingerprint density at radius 1 is 1.11 bits per heavy atom. The maximum atomic E-state index is 13.7. The Morgan fingerprint density at radius 3 is 2.47 bits per heavy atom. The topological polar surface area (TPSA) is 9.23 Å². The number of rotatable bonds is 5. The molecule has 0 heterocycles. The van der Waals surface area contributed by atoms with Gasteiger partial charge in [0.05, 0.1) is 0 Å². The van der Waals surface area contributed by atoms with Crippen LogP contribution in [0.4, 0.5) is 8.78 Å². The van der Waals surface area contributed by atoms with Gasteiger partial charge in [-0.05, 0) is 37.0 Å². The number of allylic oxidation sites excluding steroid dienone is 1. The summed E-state index contributed by atoms with van der Waals surface area (Å²) < 4.78 is 32.4. The molecule has 2 rings (SSSR count). The lowest BCUT2D eigenvalue weighted by Gasteiger charge is -2.19. The summed E-state index contributed by atoms with van der Waals surface area (Å²) in [5.41, 5.74) is 0. The molecule has 1 aromatic rings. The first kappa shape index (κ1) is 14.0. The van der Waals surface area contributed by atoms with Gasteiger partial charge in [0.25, 0.3) is 5.92 Å². The average Bonchev–Trinajstić information content (AvgIpc) is 2.46. The van der Waals surface area contributed by atoms with Gasteiger partial charge in [-0.2, -0.15) is 8.78 Å². The molecule has 0 spiro atoms. The Balaban J connectivity index is 1.82. The zero-order valence-electron chi connectivity index (χ0n) is 11.0. The zero-order chi connectivity index (χ0) is 13.6. The lowest BCUT2D eigenvalue weighted by molar-refractivity contribution is 0.00455. The Morgan fingerprint density at radius 2 is 1.79 bits per heavy atom. The molecule has 19 heavy (non-hydrogen) atoms. The van der Waals surface area contributed by atoms with Gasteiger partial charge in [-0.1, -0.05) is 43.5 Å². The lowest BCUT2D eigenvalue weighted by atomic mass is 9.89. The molecule has 0 N–H and O–H groups in total. The van der Waals surface area contributed by atoms with E-state index in [4.69, 9.17) is 4.74 Å². The Bertz CT molecular complexity index is 394. The fourth-order valence-electron chi connectivity index (χ4n) is 2.35. The smallest absolute Gasteiger partial charge is 0.299 e. The van der Waals surface area contributed by atoms with Crippen LogP contribution in [0.2, 0.25) is 0 Å².